The Morgan fingerprint density at radius 1 is 1.14 bits per heavy atom. The minimum atomic E-state index is -0.877. The van der Waals surface area contributed by atoms with Gasteiger partial charge < -0.3 is 10.2 Å². The summed E-state index contributed by atoms with van der Waals surface area (Å²) in [5.41, 5.74) is 0.400. The van der Waals surface area contributed by atoms with Crippen LogP contribution >= 0.6 is 22.6 Å². The van der Waals surface area contributed by atoms with Crippen molar-refractivity contribution < 1.29 is 24.0 Å². The molecule has 2 rings (SSSR count). The van der Waals surface area contributed by atoms with Crippen LogP contribution in [0.3, 0.4) is 0 Å². The molecule has 3 amide bonds. The average molecular weight is 402 g/mol. The van der Waals surface area contributed by atoms with E-state index in [0.717, 1.165) is 3.57 Å². The Hall–Kier alpha value is -1.97. The molecule has 0 spiro atoms. The van der Waals surface area contributed by atoms with Crippen molar-refractivity contribution in [1.82, 2.24) is 10.4 Å². The number of amides is 3. The first-order valence-electron chi connectivity index (χ1n) is 6.07. The SMILES string of the molecule is O=C(CNC(=O)c1ccc(I)cc1)ON1C(=O)CCC1=O. The third-order valence-electron chi connectivity index (χ3n) is 2.70. The van der Waals surface area contributed by atoms with Crippen LogP contribution in [0.25, 0.3) is 0 Å². The van der Waals surface area contributed by atoms with E-state index in [-0.39, 0.29) is 12.8 Å². The molecule has 1 saturated heterocycles. The first kappa shape index (κ1) is 15.4. The Balaban J connectivity index is 1.83. The van der Waals surface area contributed by atoms with Crippen molar-refractivity contribution in [3.8, 4) is 0 Å². The van der Waals surface area contributed by atoms with Crippen LogP contribution in [-0.2, 0) is 19.2 Å². The maximum Gasteiger partial charge on any atom is 0.352 e. The molecule has 0 aromatic heterocycles. The second kappa shape index (κ2) is 6.66. The van der Waals surface area contributed by atoms with Gasteiger partial charge in [-0.2, -0.15) is 0 Å². The van der Waals surface area contributed by atoms with Gasteiger partial charge in [-0.15, -0.1) is 5.06 Å². The van der Waals surface area contributed by atoms with Crippen LogP contribution in [0.1, 0.15) is 23.2 Å². The number of nitrogens with one attached hydrogen (secondary N) is 1. The molecule has 1 aliphatic rings. The standard InChI is InChI=1S/C13H11IN2O5/c14-9-3-1-8(2-4-9)13(20)15-7-12(19)21-16-10(17)5-6-11(16)18/h1-4H,5-7H2,(H,15,20). The lowest BCUT2D eigenvalue weighted by molar-refractivity contribution is -0.196. The van der Waals surface area contributed by atoms with Gasteiger partial charge in [0.25, 0.3) is 17.7 Å². The normalized spacial score (nSPS) is 14.2. The van der Waals surface area contributed by atoms with Crippen LogP contribution in [0.2, 0.25) is 0 Å². The summed E-state index contributed by atoms with van der Waals surface area (Å²) in [6, 6.07) is 6.76. The lowest BCUT2D eigenvalue weighted by Crippen LogP contribution is -2.37. The lowest BCUT2D eigenvalue weighted by atomic mass is 10.2. The summed E-state index contributed by atoms with van der Waals surface area (Å²) in [7, 11) is 0. The van der Waals surface area contributed by atoms with Gasteiger partial charge in [0.1, 0.15) is 6.54 Å². The van der Waals surface area contributed by atoms with E-state index in [4.69, 9.17) is 0 Å². The minimum absolute atomic E-state index is 0.0289. The Morgan fingerprint density at radius 3 is 2.29 bits per heavy atom. The summed E-state index contributed by atoms with van der Waals surface area (Å²) >= 11 is 2.11. The molecule has 1 aromatic rings. The summed E-state index contributed by atoms with van der Waals surface area (Å²) in [5, 5.41) is 2.80. The fourth-order valence-corrected chi connectivity index (χ4v) is 2.01. The van der Waals surface area contributed by atoms with Crippen LogP contribution < -0.4 is 5.32 Å². The highest BCUT2D eigenvalue weighted by molar-refractivity contribution is 14.1. The number of carbonyl (C=O) groups excluding carboxylic acids is 4. The Morgan fingerprint density at radius 2 is 1.71 bits per heavy atom. The molecule has 8 heteroatoms. The Bertz CT molecular complexity index is 583. The summed E-state index contributed by atoms with van der Waals surface area (Å²) in [5.74, 6) is -2.44. The lowest BCUT2D eigenvalue weighted by Gasteiger charge is -2.12. The maximum atomic E-state index is 11.8. The number of hydrogen-bond acceptors (Lipinski definition) is 5. The Labute approximate surface area is 133 Å². The van der Waals surface area contributed by atoms with E-state index in [9.17, 15) is 19.2 Å². The van der Waals surface area contributed by atoms with Gasteiger partial charge in [0.15, 0.2) is 0 Å². The van der Waals surface area contributed by atoms with E-state index in [1.807, 2.05) is 0 Å². The topological polar surface area (TPSA) is 92.8 Å². The van der Waals surface area contributed by atoms with Crippen LogP contribution in [0.4, 0.5) is 0 Å². The average Bonchev–Trinajstić information content (AvgIpc) is 2.77. The number of benzene rings is 1. The molecule has 110 valence electrons. The number of hydrogen-bond donors (Lipinski definition) is 1. The molecule has 0 bridgehead atoms. The monoisotopic (exact) mass is 402 g/mol. The molecule has 7 nitrogen and oxygen atoms in total. The van der Waals surface area contributed by atoms with Crippen molar-refractivity contribution in [3.63, 3.8) is 0 Å². The number of imide groups is 1. The summed E-state index contributed by atoms with van der Waals surface area (Å²) in [4.78, 5) is 50.4. The second-order valence-electron chi connectivity index (χ2n) is 4.23. The summed E-state index contributed by atoms with van der Waals surface area (Å²) < 4.78 is 0.981. The first-order chi connectivity index (χ1) is 9.97. The molecule has 1 N–H and O–H groups in total. The van der Waals surface area contributed by atoms with E-state index >= 15 is 0 Å². The van der Waals surface area contributed by atoms with Gasteiger partial charge in [0, 0.05) is 22.0 Å². The van der Waals surface area contributed by atoms with E-state index in [1.165, 1.54) is 0 Å². The van der Waals surface area contributed by atoms with Crippen LogP contribution in [0.15, 0.2) is 24.3 Å². The molecule has 1 aliphatic heterocycles. The van der Waals surface area contributed by atoms with E-state index in [0.29, 0.717) is 10.6 Å². The summed E-state index contributed by atoms with van der Waals surface area (Å²) in [6.07, 6.45) is 0.0578. The molecule has 0 saturated carbocycles. The zero-order chi connectivity index (χ0) is 15.4. The molecule has 0 atom stereocenters. The van der Waals surface area contributed by atoms with E-state index in [2.05, 4.69) is 32.7 Å². The molecule has 1 heterocycles. The zero-order valence-electron chi connectivity index (χ0n) is 10.8. The second-order valence-corrected chi connectivity index (χ2v) is 5.48. The van der Waals surface area contributed by atoms with Crippen molar-refractivity contribution in [2.24, 2.45) is 0 Å². The van der Waals surface area contributed by atoms with E-state index in [1.54, 1.807) is 24.3 Å². The number of nitrogens with zero attached hydrogens (tertiary/aromatic N) is 1. The van der Waals surface area contributed by atoms with E-state index < -0.39 is 30.2 Å². The molecular weight excluding hydrogens is 391 g/mol. The van der Waals surface area contributed by atoms with Gasteiger partial charge in [-0.1, -0.05) is 0 Å². The molecule has 21 heavy (non-hydrogen) atoms. The molecular formula is C13H11IN2O5. The predicted octanol–water partition coefficient (Wildman–Crippen LogP) is 0.628. The minimum Gasteiger partial charge on any atom is -0.341 e. The number of carbonyl (C=O) groups is 4. The smallest absolute Gasteiger partial charge is 0.341 e. The van der Waals surface area contributed by atoms with Crippen LogP contribution in [0, 0.1) is 3.57 Å². The predicted molar refractivity (Wildman–Crippen MR) is 78.7 cm³/mol. The number of rotatable bonds is 4. The van der Waals surface area contributed by atoms with Gasteiger partial charge in [0.2, 0.25) is 0 Å². The number of halogens is 1. The van der Waals surface area contributed by atoms with Gasteiger partial charge in [-0.05, 0) is 46.9 Å². The van der Waals surface area contributed by atoms with Gasteiger partial charge in [-0.3, -0.25) is 14.4 Å². The fraction of sp³-hybridized carbons (Fsp3) is 0.231. The van der Waals surface area contributed by atoms with Crippen LogP contribution in [-0.4, -0.2) is 35.3 Å². The van der Waals surface area contributed by atoms with Gasteiger partial charge in [0.05, 0.1) is 0 Å². The van der Waals surface area contributed by atoms with Gasteiger partial charge in [-0.25, -0.2) is 4.79 Å². The van der Waals surface area contributed by atoms with Crippen molar-refractivity contribution in [3.05, 3.63) is 33.4 Å². The molecule has 0 radical (unpaired) electrons. The third kappa shape index (κ3) is 4.00. The fourth-order valence-electron chi connectivity index (χ4n) is 1.65. The first-order valence-corrected chi connectivity index (χ1v) is 7.15. The van der Waals surface area contributed by atoms with Crippen molar-refractivity contribution in [2.75, 3.05) is 6.54 Å². The maximum absolute atomic E-state index is 11.8. The highest BCUT2D eigenvalue weighted by atomic mass is 127. The van der Waals surface area contributed by atoms with Crippen molar-refractivity contribution >= 4 is 46.3 Å². The molecule has 0 aliphatic carbocycles. The van der Waals surface area contributed by atoms with Gasteiger partial charge >= 0.3 is 5.97 Å². The highest BCUT2D eigenvalue weighted by Crippen LogP contribution is 2.12. The number of hydroxylamine groups is 2. The zero-order valence-corrected chi connectivity index (χ0v) is 13.0. The van der Waals surface area contributed by atoms with Crippen molar-refractivity contribution in [2.45, 2.75) is 12.8 Å². The molecule has 1 aromatic carbocycles. The Kier molecular flexibility index (Phi) is 4.89. The summed E-state index contributed by atoms with van der Waals surface area (Å²) in [6.45, 7) is -0.429. The molecule has 1 fully saturated rings. The van der Waals surface area contributed by atoms with Crippen LogP contribution in [0.5, 0.6) is 0 Å². The highest BCUT2D eigenvalue weighted by Gasteiger charge is 2.32. The van der Waals surface area contributed by atoms with Crippen molar-refractivity contribution in [1.29, 1.82) is 0 Å². The quantitative estimate of drug-likeness (QED) is 0.589. The molecule has 0 unspecified atom stereocenters. The third-order valence-corrected chi connectivity index (χ3v) is 3.42. The largest absolute Gasteiger partial charge is 0.352 e.